The summed E-state index contributed by atoms with van der Waals surface area (Å²) in [6.45, 7) is 1.74. The lowest BCUT2D eigenvalue weighted by Crippen LogP contribution is -2.46. The highest BCUT2D eigenvalue weighted by Gasteiger charge is 2.37. The van der Waals surface area contributed by atoms with Crippen LogP contribution < -0.4 is 5.32 Å². The van der Waals surface area contributed by atoms with Crippen molar-refractivity contribution in [1.82, 2.24) is 10.2 Å². The van der Waals surface area contributed by atoms with Crippen LogP contribution >= 0.6 is 0 Å². The second kappa shape index (κ2) is 6.37. The van der Waals surface area contributed by atoms with E-state index in [-0.39, 0.29) is 11.8 Å². The van der Waals surface area contributed by atoms with Gasteiger partial charge in [0.1, 0.15) is 0 Å². The van der Waals surface area contributed by atoms with Gasteiger partial charge in [-0.25, -0.2) is 0 Å². The Labute approximate surface area is 114 Å². The summed E-state index contributed by atoms with van der Waals surface area (Å²) in [6, 6.07) is 0.405. The third-order valence-corrected chi connectivity index (χ3v) is 4.60. The second-order valence-electron chi connectivity index (χ2n) is 5.86. The Kier molecular flexibility index (Phi) is 4.80. The predicted octanol–water partition coefficient (Wildman–Crippen LogP) is 1.09. The SMILES string of the molecule is CN1CCCCC1CNC(=O)[C@@H]1CCC[C@@H]1C(=O)O. The number of carboxylic acids is 1. The molecule has 2 aliphatic rings. The van der Waals surface area contributed by atoms with Crippen LogP contribution in [0, 0.1) is 11.8 Å². The van der Waals surface area contributed by atoms with Crippen molar-refractivity contribution in [3.05, 3.63) is 0 Å². The minimum atomic E-state index is -0.826. The minimum Gasteiger partial charge on any atom is -0.481 e. The number of rotatable bonds is 4. The third kappa shape index (κ3) is 3.47. The number of carbonyl (C=O) groups is 2. The Balaban J connectivity index is 1.82. The van der Waals surface area contributed by atoms with Crippen molar-refractivity contribution in [3.8, 4) is 0 Å². The van der Waals surface area contributed by atoms with Gasteiger partial charge in [-0.3, -0.25) is 9.59 Å². The average Bonchev–Trinajstić information content (AvgIpc) is 2.87. The first-order chi connectivity index (χ1) is 9.09. The van der Waals surface area contributed by atoms with Crippen molar-refractivity contribution in [1.29, 1.82) is 0 Å². The molecule has 2 fully saturated rings. The fourth-order valence-corrected chi connectivity index (χ4v) is 3.32. The quantitative estimate of drug-likeness (QED) is 0.800. The highest BCUT2D eigenvalue weighted by molar-refractivity contribution is 5.85. The van der Waals surface area contributed by atoms with E-state index in [9.17, 15) is 9.59 Å². The van der Waals surface area contributed by atoms with E-state index >= 15 is 0 Å². The van der Waals surface area contributed by atoms with Gasteiger partial charge in [0, 0.05) is 12.6 Å². The number of likely N-dealkylation sites (N-methyl/N-ethyl adjacent to an activating group) is 1. The van der Waals surface area contributed by atoms with Crippen molar-refractivity contribution in [3.63, 3.8) is 0 Å². The van der Waals surface area contributed by atoms with Gasteiger partial charge in [-0.05, 0) is 39.3 Å². The van der Waals surface area contributed by atoms with Gasteiger partial charge in [0.05, 0.1) is 11.8 Å². The first-order valence-electron chi connectivity index (χ1n) is 7.30. The van der Waals surface area contributed by atoms with E-state index in [1.165, 1.54) is 12.8 Å². The second-order valence-corrected chi connectivity index (χ2v) is 5.86. The smallest absolute Gasteiger partial charge is 0.307 e. The molecule has 108 valence electrons. The number of aliphatic carboxylic acids is 1. The van der Waals surface area contributed by atoms with E-state index in [0.717, 1.165) is 19.4 Å². The topological polar surface area (TPSA) is 69.6 Å². The van der Waals surface area contributed by atoms with E-state index in [2.05, 4.69) is 17.3 Å². The number of hydrogen-bond donors (Lipinski definition) is 2. The summed E-state index contributed by atoms with van der Waals surface area (Å²) in [5.41, 5.74) is 0. The first kappa shape index (κ1) is 14.3. The molecule has 0 radical (unpaired) electrons. The molecule has 1 heterocycles. The lowest BCUT2D eigenvalue weighted by molar-refractivity contribution is -0.146. The molecular formula is C14H24N2O3. The number of carboxylic acid groups (broad SMARTS) is 1. The summed E-state index contributed by atoms with van der Waals surface area (Å²) >= 11 is 0. The highest BCUT2D eigenvalue weighted by Crippen LogP contribution is 2.32. The molecule has 1 saturated carbocycles. The molecule has 1 aliphatic heterocycles. The molecule has 1 unspecified atom stereocenters. The molecule has 2 N–H and O–H groups in total. The van der Waals surface area contributed by atoms with Crippen LogP contribution in [-0.2, 0) is 9.59 Å². The number of amides is 1. The number of hydrogen-bond acceptors (Lipinski definition) is 3. The zero-order chi connectivity index (χ0) is 13.8. The molecule has 0 aromatic heterocycles. The molecule has 0 aromatic rings. The Bertz CT molecular complexity index is 346. The third-order valence-electron chi connectivity index (χ3n) is 4.60. The maximum absolute atomic E-state index is 12.1. The standard InChI is InChI=1S/C14H24N2O3/c1-16-8-3-2-5-10(16)9-15-13(17)11-6-4-7-12(11)14(18)19/h10-12H,2-9H2,1H3,(H,15,17)(H,18,19)/t10?,11-,12+/m1/s1. The van der Waals surface area contributed by atoms with Crippen LogP contribution in [0.15, 0.2) is 0 Å². The molecule has 1 saturated heterocycles. The lowest BCUT2D eigenvalue weighted by Gasteiger charge is -2.32. The van der Waals surface area contributed by atoms with Gasteiger partial charge in [-0.2, -0.15) is 0 Å². The summed E-state index contributed by atoms with van der Waals surface area (Å²) in [5, 5.41) is 12.1. The van der Waals surface area contributed by atoms with Crippen molar-refractivity contribution < 1.29 is 14.7 Å². The average molecular weight is 268 g/mol. The van der Waals surface area contributed by atoms with Gasteiger partial charge in [0.25, 0.3) is 0 Å². The van der Waals surface area contributed by atoms with Crippen molar-refractivity contribution in [2.75, 3.05) is 20.1 Å². The van der Waals surface area contributed by atoms with Crippen LogP contribution in [0.3, 0.4) is 0 Å². The van der Waals surface area contributed by atoms with E-state index in [1.54, 1.807) is 0 Å². The maximum Gasteiger partial charge on any atom is 0.307 e. The van der Waals surface area contributed by atoms with Crippen molar-refractivity contribution in [2.24, 2.45) is 11.8 Å². The summed E-state index contributed by atoms with van der Waals surface area (Å²) < 4.78 is 0. The maximum atomic E-state index is 12.1. The number of nitrogens with zero attached hydrogens (tertiary/aromatic N) is 1. The van der Waals surface area contributed by atoms with Gasteiger partial charge >= 0.3 is 5.97 Å². The van der Waals surface area contributed by atoms with E-state index in [1.807, 2.05) is 0 Å². The van der Waals surface area contributed by atoms with Crippen LogP contribution in [0.2, 0.25) is 0 Å². The van der Waals surface area contributed by atoms with E-state index < -0.39 is 11.9 Å². The molecule has 0 aromatic carbocycles. The molecule has 3 atom stereocenters. The monoisotopic (exact) mass is 268 g/mol. The first-order valence-corrected chi connectivity index (χ1v) is 7.30. The highest BCUT2D eigenvalue weighted by atomic mass is 16.4. The molecule has 5 heteroatoms. The predicted molar refractivity (Wildman–Crippen MR) is 71.7 cm³/mol. The number of piperidine rings is 1. The lowest BCUT2D eigenvalue weighted by atomic mass is 9.95. The Hall–Kier alpha value is -1.10. The minimum absolute atomic E-state index is 0.0659. The zero-order valence-electron chi connectivity index (χ0n) is 11.6. The van der Waals surface area contributed by atoms with E-state index in [0.29, 0.717) is 25.4 Å². The normalized spacial score (nSPS) is 32.2. The van der Waals surface area contributed by atoms with Gasteiger partial charge < -0.3 is 15.3 Å². The molecule has 1 amide bonds. The number of likely N-dealkylation sites (tertiary alicyclic amines) is 1. The number of nitrogens with one attached hydrogen (secondary N) is 1. The van der Waals surface area contributed by atoms with Crippen LogP contribution in [0.25, 0.3) is 0 Å². The zero-order valence-corrected chi connectivity index (χ0v) is 11.6. The van der Waals surface area contributed by atoms with E-state index in [4.69, 9.17) is 5.11 Å². The molecule has 2 rings (SSSR count). The van der Waals surface area contributed by atoms with Crippen molar-refractivity contribution >= 4 is 11.9 Å². The fraction of sp³-hybridized carbons (Fsp3) is 0.857. The molecular weight excluding hydrogens is 244 g/mol. The largest absolute Gasteiger partial charge is 0.481 e. The molecule has 1 aliphatic carbocycles. The Morgan fingerprint density at radius 2 is 1.89 bits per heavy atom. The van der Waals surface area contributed by atoms with Crippen LogP contribution in [0.5, 0.6) is 0 Å². The Morgan fingerprint density at radius 3 is 2.58 bits per heavy atom. The molecule has 0 bridgehead atoms. The summed E-state index contributed by atoms with van der Waals surface area (Å²) in [5.74, 6) is -1.70. The van der Waals surface area contributed by atoms with Gasteiger partial charge in [-0.15, -0.1) is 0 Å². The summed E-state index contributed by atoms with van der Waals surface area (Å²) in [6.07, 6.45) is 5.75. The van der Waals surface area contributed by atoms with Crippen LogP contribution in [-0.4, -0.2) is 48.1 Å². The van der Waals surface area contributed by atoms with Gasteiger partial charge in [0.2, 0.25) is 5.91 Å². The van der Waals surface area contributed by atoms with Crippen molar-refractivity contribution in [2.45, 2.75) is 44.6 Å². The summed E-state index contributed by atoms with van der Waals surface area (Å²) in [7, 11) is 2.09. The van der Waals surface area contributed by atoms with Gasteiger partial charge in [0.15, 0.2) is 0 Å². The summed E-state index contributed by atoms with van der Waals surface area (Å²) in [4.78, 5) is 25.5. The van der Waals surface area contributed by atoms with Crippen LogP contribution in [0.1, 0.15) is 38.5 Å². The molecule has 0 spiro atoms. The number of carbonyl (C=O) groups excluding carboxylic acids is 1. The fourth-order valence-electron chi connectivity index (χ4n) is 3.32. The molecule has 19 heavy (non-hydrogen) atoms. The van der Waals surface area contributed by atoms with Crippen LogP contribution in [0.4, 0.5) is 0 Å². The van der Waals surface area contributed by atoms with Gasteiger partial charge in [-0.1, -0.05) is 12.8 Å². The Morgan fingerprint density at radius 1 is 1.16 bits per heavy atom. The molecule has 5 nitrogen and oxygen atoms in total.